The third-order valence-corrected chi connectivity index (χ3v) is 3.02. The molecule has 14 heavy (non-hydrogen) atoms. The molecule has 1 aliphatic carbocycles. The van der Waals surface area contributed by atoms with E-state index in [1.165, 1.54) is 38.5 Å². The zero-order valence-corrected chi connectivity index (χ0v) is 9.39. The van der Waals surface area contributed by atoms with Crippen molar-refractivity contribution in [1.82, 2.24) is 5.32 Å². The van der Waals surface area contributed by atoms with E-state index in [1.807, 2.05) is 13.1 Å². The monoisotopic (exact) mass is 193 g/mol. The molecule has 0 heterocycles. The molecule has 1 aliphatic rings. The first-order valence-corrected chi connectivity index (χ1v) is 5.85. The molecule has 1 N–H and O–H groups in total. The molecule has 0 radical (unpaired) electrons. The summed E-state index contributed by atoms with van der Waals surface area (Å²) in [6.07, 6.45) is 13.6. The van der Waals surface area contributed by atoms with Gasteiger partial charge in [-0.3, -0.25) is 0 Å². The predicted molar refractivity (Wildman–Crippen MR) is 63.4 cm³/mol. The molecule has 0 aromatic carbocycles. The number of likely N-dealkylation sites (N-methyl/N-ethyl adjacent to an activating group) is 1. The molecule has 0 bridgehead atoms. The van der Waals surface area contributed by atoms with Gasteiger partial charge in [0.15, 0.2) is 0 Å². The number of hydrogen-bond acceptors (Lipinski definition) is 1. The minimum absolute atomic E-state index is 0.533. The fourth-order valence-electron chi connectivity index (χ4n) is 2.15. The van der Waals surface area contributed by atoms with Crippen molar-refractivity contribution in [2.24, 2.45) is 0 Å². The van der Waals surface area contributed by atoms with Crippen molar-refractivity contribution < 1.29 is 0 Å². The SMILES string of the molecule is C=CCC(NC)/C1=C/CCCCCC1. The van der Waals surface area contributed by atoms with Crippen molar-refractivity contribution in [2.75, 3.05) is 7.05 Å². The largest absolute Gasteiger partial charge is 0.313 e. The van der Waals surface area contributed by atoms with Crippen LogP contribution in [0.1, 0.15) is 44.9 Å². The third kappa shape index (κ3) is 3.67. The molecule has 1 nitrogen and oxygen atoms in total. The van der Waals surface area contributed by atoms with Gasteiger partial charge in [-0.25, -0.2) is 0 Å². The maximum Gasteiger partial charge on any atom is 0.0311 e. The number of rotatable bonds is 4. The molecular weight excluding hydrogens is 170 g/mol. The Morgan fingerprint density at radius 3 is 2.93 bits per heavy atom. The molecule has 1 heteroatoms. The Kier molecular flexibility index (Phi) is 5.62. The van der Waals surface area contributed by atoms with Gasteiger partial charge in [0, 0.05) is 6.04 Å². The second-order valence-corrected chi connectivity index (χ2v) is 4.10. The summed E-state index contributed by atoms with van der Waals surface area (Å²) in [5.74, 6) is 0. The second-order valence-electron chi connectivity index (χ2n) is 4.10. The lowest BCUT2D eigenvalue weighted by Gasteiger charge is -2.20. The molecular formula is C13H23N. The van der Waals surface area contributed by atoms with E-state index in [2.05, 4.69) is 18.0 Å². The Morgan fingerprint density at radius 2 is 2.21 bits per heavy atom. The minimum atomic E-state index is 0.533. The maximum atomic E-state index is 3.82. The summed E-state index contributed by atoms with van der Waals surface area (Å²) in [7, 11) is 2.05. The van der Waals surface area contributed by atoms with Crippen molar-refractivity contribution in [1.29, 1.82) is 0 Å². The highest BCUT2D eigenvalue weighted by molar-refractivity contribution is 5.12. The van der Waals surface area contributed by atoms with Crippen LogP contribution in [0.4, 0.5) is 0 Å². The van der Waals surface area contributed by atoms with Gasteiger partial charge in [0.1, 0.15) is 0 Å². The third-order valence-electron chi connectivity index (χ3n) is 3.02. The normalized spacial score (nSPS) is 24.2. The Hall–Kier alpha value is -0.560. The van der Waals surface area contributed by atoms with E-state index in [1.54, 1.807) is 5.57 Å². The fraction of sp³-hybridized carbons (Fsp3) is 0.692. The van der Waals surface area contributed by atoms with Crippen molar-refractivity contribution in [3.8, 4) is 0 Å². The molecule has 0 spiro atoms. The Labute approximate surface area is 88.3 Å². The number of allylic oxidation sites excluding steroid dienone is 1. The fourth-order valence-corrected chi connectivity index (χ4v) is 2.15. The smallest absolute Gasteiger partial charge is 0.0311 e. The minimum Gasteiger partial charge on any atom is -0.313 e. The molecule has 0 aromatic heterocycles. The van der Waals surface area contributed by atoms with Crippen molar-refractivity contribution >= 4 is 0 Å². The van der Waals surface area contributed by atoms with Crippen LogP contribution in [0.15, 0.2) is 24.3 Å². The highest BCUT2D eigenvalue weighted by Gasteiger charge is 2.11. The first kappa shape index (κ1) is 11.5. The lowest BCUT2D eigenvalue weighted by atomic mass is 9.93. The van der Waals surface area contributed by atoms with Crippen LogP contribution in [-0.2, 0) is 0 Å². The summed E-state index contributed by atoms with van der Waals surface area (Å²) < 4.78 is 0. The van der Waals surface area contributed by atoms with Gasteiger partial charge >= 0.3 is 0 Å². The van der Waals surface area contributed by atoms with Gasteiger partial charge in [-0.15, -0.1) is 6.58 Å². The average Bonchev–Trinajstić information content (AvgIpc) is 2.15. The van der Waals surface area contributed by atoms with E-state index in [0.717, 1.165) is 6.42 Å². The van der Waals surface area contributed by atoms with Crippen LogP contribution < -0.4 is 5.32 Å². The summed E-state index contributed by atoms with van der Waals surface area (Å²) in [5.41, 5.74) is 1.60. The molecule has 80 valence electrons. The van der Waals surface area contributed by atoms with E-state index in [-0.39, 0.29) is 0 Å². The van der Waals surface area contributed by atoms with Crippen LogP contribution in [-0.4, -0.2) is 13.1 Å². The molecule has 0 aromatic rings. The number of hydrogen-bond donors (Lipinski definition) is 1. The van der Waals surface area contributed by atoms with Crippen LogP contribution >= 0.6 is 0 Å². The van der Waals surface area contributed by atoms with E-state index >= 15 is 0 Å². The Balaban J connectivity index is 2.55. The molecule has 1 rings (SSSR count). The average molecular weight is 193 g/mol. The summed E-state index contributed by atoms with van der Waals surface area (Å²) >= 11 is 0. The van der Waals surface area contributed by atoms with Gasteiger partial charge in [-0.2, -0.15) is 0 Å². The van der Waals surface area contributed by atoms with Crippen LogP contribution in [0, 0.1) is 0 Å². The van der Waals surface area contributed by atoms with Crippen LogP contribution in [0.3, 0.4) is 0 Å². The lowest BCUT2D eigenvalue weighted by Crippen LogP contribution is -2.27. The lowest BCUT2D eigenvalue weighted by molar-refractivity contribution is 0.563. The molecule has 0 amide bonds. The van der Waals surface area contributed by atoms with Crippen LogP contribution in [0.2, 0.25) is 0 Å². The summed E-state index contributed by atoms with van der Waals surface area (Å²) in [6.45, 7) is 3.82. The van der Waals surface area contributed by atoms with Gasteiger partial charge in [-0.1, -0.05) is 30.6 Å². The van der Waals surface area contributed by atoms with E-state index in [0.29, 0.717) is 6.04 Å². The summed E-state index contributed by atoms with van der Waals surface area (Å²) in [5, 5.41) is 3.38. The Morgan fingerprint density at radius 1 is 1.43 bits per heavy atom. The van der Waals surface area contributed by atoms with E-state index < -0.39 is 0 Å². The van der Waals surface area contributed by atoms with Gasteiger partial charge in [0.2, 0.25) is 0 Å². The summed E-state index contributed by atoms with van der Waals surface area (Å²) in [6, 6.07) is 0.533. The zero-order chi connectivity index (χ0) is 10.2. The predicted octanol–water partition coefficient (Wildman–Crippen LogP) is 3.43. The van der Waals surface area contributed by atoms with Gasteiger partial charge in [-0.05, 0) is 39.2 Å². The van der Waals surface area contributed by atoms with Crippen LogP contribution in [0.25, 0.3) is 0 Å². The standard InChI is InChI=1S/C13H23N/c1-3-9-13(14-2)12-10-7-5-4-6-8-11-12/h3,10,13-14H,1,4-9,11H2,2H3/b12-10+. The molecule has 0 saturated heterocycles. The molecule has 1 unspecified atom stereocenters. The highest BCUT2D eigenvalue weighted by atomic mass is 14.9. The van der Waals surface area contributed by atoms with Gasteiger partial charge in [0.05, 0.1) is 0 Å². The number of nitrogens with one attached hydrogen (secondary N) is 1. The van der Waals surface area contributed by atoms with Gasteiger partial charge in [0.25, 0.3) is 0 Å². The van der Waals surface area contributed by atoms with Crippen LogP contribution in [0.5, 0.6) is 0 Å². The van der Waals surface area contributed by atoms with E-state index in [9.17, 15) is 0 Å². The highest BCUT2D eigenvalue weighted by Crippen LogP contribution is 2.20. The first-order chi connectivity index (χ1) is 6.88. The van der Waals surface area contributed by atoms with Crippen molar-refractivity contribution in [2.45, 2.75) is 51.0 Å². The topological polar surface area (TPSA) is 12.0 Å². The second kappa shape index (κ2) is 6.83. The molecule has 0 aliphatic heterocycles. The van der Waals surface area contributed by atoms with E-state index in [4.69, 9.17) is 0 Å². The van der Waals surface area contributed by atoms with Crippen molar-refractivity contribution in [3.05, 3.63) is 24.3 Å². The first-order valence-electron chi connectivity index (χ1n) is 5.85. The molecule has 0 fully saturated rings. The van der Waals surface area contributed by atoms with Gasteiger partial charge < -0.3 is 5.32 Å². The molecule has 1 atom stereocenters. The maximum absolute atomic E-state index is 3.82. The molecule has 0 saturated carbocycles. The quantitative estimate of drug-likeness (QED) is 0.674. The van der Waals surface area contributed by atoms with Crippen molar-refractivity contribution in [3.63, 3.8) is 0 Å². The Bertz CT molecular complexity index is 193. The summed E-state index contributed by atoms with van der Waals surface area (Å²) in [4.78, 5) is 0. The zero-order valence-electron chi connectivity index (χ0n) is 9.39.